The van der Waals surface area contributed by atoms with Crippen LogP contribution in [0.3, 0.4) is 0 Å². The number of anilines is 1. The van der Waals surface area contributed by atoms with Gasteiger partial charge in [-0.1, -0.05) is 40.2 Å². The molecular weight excluding hydrogens is 319 g/mol. The first kappa shape index (κ1) is 14.5. The van der Waals surface area contributed by atoms with E-state index in [1.807, 2.05) is 24.3 Å². The molecule has 1 unspecified atom stereocenters. The van der Waals surface area contributed by atoms with Crippen molar-refractivity contribution in [3.05, 3.63) is 64.4 Å². The summed E-state index contributed by atoms with van der Waals surface area (Å²) in [6, 6.07) is 16.3. The van der Waals surface area contributed by atoms with Gasteiger partial charge in [-0.05, 0) is 36.8 Å². The fourth-order valence-corrected chi connectivity index (χ4v) is 2.42. The van der Waals surface area contributed by atoms with Crippen molar-refractivity contribution in [3.8, 4) is 6.07 Å². The highest BCUT2D eigenvalue weighted by Gasteiger charge is 2.25. The van der Waals surface area contributed by atoms with Gasteiger partial charge in [0.15, 0.2) is 0 Å². The number of halogens is 2. The lowest BCUT2D eigenvalue weighted by Crippen LogP contribution is -2.35. The number of hydrogen-bond acceptors (Lipinski definition) is 2. The molecule has 1 atom stereocenters. The van der Waals surface area contributed by atoms with Crippen molar-refractivity contribution in [1.82, 2.24) is 0 Å². The van der Waals surface area contributed by atoms with Gasteiger partial charge in [0.25, 0.3) is 0 Å². The highest BCUT2D eigenvalue weighted by atomic mass is 79.9. The van der Waals surface area contributed by atoms with Crippen molar-refractivity contribution in [2.75, 3.05) is 5.32 Å². The van der Waals surface area contributed by atoms with E-state index in [9.17, 15) is 9.65 Å². The molecule has 4 heteroatoms. The Morgan fingerprint density at radius 1 is 1.25 bits per heavy atom. The van der Waals surface area contributed by atoms with Gasteiger partial charge < -0.3 is 5.32 Å². The van der Waals surface area contributed by atoms with E-state index in [0.29, 0.717) is 12.0 Å². The van der Waals surface area contributed by atoms with Crippen molar-refractivity contribution < 1.29 is 4.39 Å². The molecule has 0 radical (unpaired) electrons. The zero-order chi connectivity index (χ0) is 14.6. The summed E-state index contributed by atoms with van der Waals surface area (Å²) in [5, 5.41) is 12.6. The molecule has 0 saturated heterocycles. The average molecular weight is 333 g/mol. The lowest BCUT2D eigenvalue weighted by atomic mass is 9.93. The molecule has 2 aromatic rings. The molecule has 20 heavy (non-hydrogen) atoms. The SMILES string of the molecule is CC(C#N)(Cc1ccccc1F)Nc1cccc(Br)c1. The zero-order valence-corrected chi connectivity index (χ0v) is 12.6. The number of rotatable bonds is 4. The molecule has 0 aliphatic carbocycles. The Kier molecular flexibility index (Phi) is 4.41. The summed E-state index contributed by atoms with van der Waals surface area (Å²) in [5.74, 6) is -0.287. The lowest BCUT2D eigenvalue weighted by Gasteiger charge is -2.25. The second kappa shape index (κ2) is 6.06. The highest BCUT2D eigenvalue weighted by molar-refractivity contribution is 9.10. The molecule has 0 saturated carbocycles. The van der Waals surface area contributed by atoms with Crippen LogP contribution in [0.25, 0.3) is 0 Å². The molecule has 0 heterocycles. The smallest absolute Gasteiger partial charge is 0.126 e. The van der Waals surface area contributed by atoms with Crippen molar-refractivity contribution in [2.24, 2.45) is 0 Å². The number of nitrogens with one attached hydrogen (secondary N) is 1. The van der Waals surface area contributed by atoms with Gasteiger partial charge in [-0.15, -0.1) is 0 Å². The quantitative estimate of drug-likeness (QED) is 0.893. The third kappa shape index (κ3) is 3.58. The van der Waals surface area contributed by atoms with E-state index < -0.39 is 5.54 Å². The van der Waals surface area contributed by atoms with Crippen LogP contribution >= 0.6 is 15.9 Å². The molecule has 0 aliphatic heterocycles. The van der Waals surface area contributed by atoms with Gasteiger partial charge in [-0.2, -0.15) is 5.26 Å². The number of nitriles is 1. The predicted molar refractivity (Wildman–Crippen MR) is 81.9 cm³/mol. The lowest BCUT2D eigenvalue weighted by molar-refractivity contribution is 0.575. The summed E-state index contributed by atoms with van der Waals surface area (Å²) in [6.45, 7) is 1.76. The van der Waals surface area contributed by atoms with E-state index in [-0.39, 0.29) is 5.82 Å². The predicted octanol–water partition coefficient (Wildman–Crippen LogP) is 4.53. The van der Waals surface area contributed by atoms with Crippen LogP contribution in [0.5, 0.6) is 0 Å². The van der Waals surface area contributed by atoms with Crippen LogP contribution in [0.15, 0.2) is 53.0 Å². The van der Waals surface area contributed by atoms with Gasteiger partial charge >= 0.3 is 0 Å². The first-order valence-corrected chi connectivity index (χ1v) is 7.00. The molecule has 0 bridgehead atoms. The minimum absolute atomic E-state index is 0.287. The average Bonchev–Trinajstić information content (AvgIpc) is 2.41. The molecule has 2 nitrogen and oxygen atoms in total. The Balaban J connectivity index is 2.22. The van der Waals surface area contributed by atoms with Crippen LogP contribution in [-0.4, -0.2) is 5.54 Å². The first-order chi connectivity index (χ1) is 9.52. The van der Waals surface area contributed by atoms with E-state index in [2.05, 4.69) is 27.3 Å². The highest BCUT2D eigenvalue weighted by Crippen LogP contribution is 2.23. The van der Waals surface area contributed by atoms with Crippen molar-refractivity contribution in [3.63, 3.8) is 0 Å². The van der Waals surface area contributed by atoms with Crippen LogP contribution in [0.4, 0.5) is 10.1 Å². The fourth-order valence-electron chi connectivity index (χ4n) is 2.02. The molecular formula is C16H14BrFN2. The van der Waals surface area contributed by atoms with Crippen molar-refractivity contribution in [2.45, 2.75) is 18.9 Å². The third-order valence-corrected chi connectivity index (χ3v) is 3.49. The first-order valence-electron chi connectivity index (χ1n) is 6.21. The monoisotopic (exact) mass is 332 g/mol. The van der Waals surface area contributed by atoms with Crippen LogP contribution in [0.2, 0.25) is 0 Å². The Labute approximate surface area is 126 Å². The zero-order valence-electron chi connectivity index (χ0n) is 11.0. The molecule has 2 rings (SSSR count). The standard InChI is InChI=1S/C16H14BrFN2/c1-16(11-19,10-12-5-2-3-8-15(12)18)20-14-7-4-6-13(17)9-14/h2-9,20H,10H2,1H3. The minimum atomic E-state index is -0.872. The summed E-state index contributed by atoms with van der Waals surface area (Å²) in [7, 11) is 0. The van der Waals surface area contributed by atoms with Crippen LogP contribution in [-0.2, 0) is 6.42 Å². The molecule has 0 fully saturated rings. The molecule has 0 aromatic heterocycles. The summed E-state index contributed by atoms with van der Waals surface area (Å²) in [6.07, 6.45) is 0.294. The Hall–Kier alpha value is -1.86. The van der Waals surface area contributed by atoms with Gasteiger partial charge in [0, 0.05) is 16.6 Å². The van der Waals surface area contributed by atoms with E-state index in [1.165, 1.54) is 6.07 Å². The Morgan fingerprint density at radius 3 is 2.65 bits per heavy atom. The van der Waals surface area contributed by atoms with E-state index in [0.717, 1.165) is 10.2 Å². The summed E-state index contributed by atoms with van der Waals surface area (Å²) >= 11 is 3.39. The van der Waals surface area contributed by atoms with Gasteiger partial charge in [0.2, 0.25) is 0 Å². The van der Waals surface area contributed by atoms with Crippen LogP contribution in [0, 0.1) is 17.1 Å². The van der Waals surface area contributed by atoms with Crippen LogP contribution in [0.1, 0.15) is 12.5 Å². The summed E-state index contributed by atoms with van der Waals surface area (Å²) in [4.78, 5) is 0. The Bertz CT molecular complexity index is 651. The summed E-state index contributed by atoms with van der Waals surface area (Å²) < 4.78 is 14.6. The maximum absolute atomic E-state index is 13.7. The van der Waals surface area contributed by atoms with Gasteiger partial charge in [-0.3, -0.25) is 0 Å². The van der Waals surface area contributed by atoms with E-state index in [4.69, 9.17) is 0 Å². The van der Waals surface area contributed by atoms with E-state index >= 15 is 0 Å². The van der Waals surface area contributed by atoms with Crippen LogP contribution < -0.4 is 5.32 Å². The van der Waals surface area contributed by atoms with Gasteiger partial charge in [0.05, 0.1) is 6.07 Å². The number of hydrogen-bond donors (Lipinski definition) is 1. The molecule has 0 aliphatic rings. The summed E-state index contributed by atoms with van der Waals surface area (Å²) in [5.41, 5.74) is 0.474. The van der Waals surface area contributed by atoms with Gasteiger partial charge in [-0.25, -0.2) is 4.39 Å². The molecule has 102 valence electrons. The maximum atomic E-state index is 13.7. The molecule has 1 N–H and O–H groups in total. The van der Waals surface area contributed by atoms with Gasteiger partial charge in [0.1, 0.15) is 11.4 Å². The topological polar surface area (TPSA) is 35.8 Å². The molecule has 0 spiro atoms. The fraction of sp³-hybridized carbons (Fsp3) is 0.188. The minimum Gasteiger partial charge on any atom is -0.367 e. The normalized spacial score (nSPS) is 13.3. The number of benzene rings is 2. The van der Waals surface area contributed by atoms with E-state index in [1.54, 1.807) is 25.1 Å². The second-order valence-corrected chi connectivity index (χ2v) is 5.76. The molecule has 2 aromatic carbocycles. The van der Waals surface area contributed by atoms with Crippen molar-refractivity contribution in [1.29, 1.82) is 5.26 Å². The van der Waals surface area contributed by atoms with Crippen molar-refractivity contribution >= 4 is 21.6 Å². The Morgan fingerprint density at radius 2 is 2.00 bits per heavy atom. The second-order valence-electron chi connectivity index (χ2n) is 4.85. The third-order valence-electron chi connectivity index (χ3n) is 2.99. The largest absolute Gasteiger partial charge is 0.367 e. The molecule has 0 amide bonds. The maximum Gasteiger partial charge on any atom is 0.126 e. The number of nitrogens with zero attached hydrogens (tertiary/aromatic N) is 1.